The van der Waals surface area contributed by atoms with Gasteiger partial charge in [-0.25, -0.2) is 0 Å². The van der Waals surface area contributed by atoms with Gasteiger partial charge in [-0.15, -0.1) is 10.2 Å². The summed E-state index contributed by atoms with van der Waals surface area (Å²) in [5.41, 5.74) is 1.41. The van der Waals surface area contributed by atoms with Gasteiger partial charge in [0, 0.05) is 51.7 Å². The highest BCUT2D eigenvalue weighted by atomic mass is 15.3. The van der Waals surface area contributed by atoms with Crippen LogP contribution in [0.2, 0.25) is 0 Å². The fourth-order valence-corrected chi connectivity index (χ4v) is 3.35. The number of hydrogen-bond acceptors (Lipinski definition) is 4. The van der Waals surface area contributed by atoms with Crippen LogP contribution in [0.3, 0.4) is 0 Å². The molecule has 0 radical (unpaired) electrons. The first-order chi connectivity index (χ1) is 11.6. The summed E-state index contributed by atoms with van der Waals surface area (Å²) in [6, 6.07) is 10.8. The Labute approximate surface area is 145 Å². The number of aromatic nitrogens is 3. The molecule has 5 heteroatoms. The Morgan fingerprint density at radius 1 is 0.917 bits per heavy atom. The van der Waals surface area contributed by atoms with Crippen LogP contribution < -0.4 is 0 Å². The van der Waals surface area contributed by atoms with Crippen molar-refractivity contribution in [2.75, 3.05) is 32.7 Å². The molecule has 1 aromatic heterocycles. The van der Waals surface area contributed by atoms with Crippen molar-refractivity contribution in [1.82, 2.24) is 24.6 Å². The number of nitrogens with zero attached hydrogens (tertiary/aromatic N) is 5. The second-order valence-electron chi connectivity index (χ2n) is 7.02. The van der Waals surface area contributed by atoms with Gasteiger partial charge in [0.2, 0.25) is 0 Å². The third kappa shape index (κ3) is 4.22. The largest absolute Gasteiger partial charge is 0.314 e. The molecule has 0 spiro atoms. The van der Waals surface area contributed by atoms with Gasteiger partial charge in [0.25, 0.3) is 0 Å². The molecule has 130 valence electrons. The third-order valence-electron chi connectivity index (χ3n) is 4.83. The average Bonchev–Trinajstić information content (AvgIpc) is 2.96. The van der Waals surface area contributed by atoms with Crippen LogP contribution in [-0.2, 0) is 13.1 Å². The Kier molecular flexibility index (Phi) is 5.63. The van der Waals surface area contributed by atoms with Gasteiger partial charge < -0.3 is 4.57 Å². The highest BCUT2D eigenvalue weighted by Gasteiger charge is 2.18. The fraction of sp³-hybridized carbons (Fsp3) is 0.579. The number of piperazine rings is 1. The van der Waals surface area contributed by atoms with Gasteiger partial charge in [0.15, 0.2) is 0 Å². The molecule has 5 nitrogen and oxygen atoms in total. The van der Waals surface area contributed by atoms with Gasteiger partial charge in [-0.2, -0.15) is 0 Å². The summed E-state index contributed by atoms with van der Waals surface area (Å²) >= 11 is 0. The number of aryl methyl sites for hydroxylation is 1. The summed E-state index contributed by atoms with van der Waals surface area (Å²) in [4.78, 5) is 5.11. The summed E-state index contributed by atoms with van der Waals surface area (Å²) in [7, 11) is 0. The van der Waals surface area contributed by atoms with Crippen molar-refractivity contribution in [2.45, 2.75) is 39.8 Å². The maximum absolute atomic E-state index is 4.32. The van der Waals surface area contributed by atoms with Gasteiger partial charge in [-0.1, -0.05) is 44.2 Å². The summed E-state index contributed by atoms with van der Waals surface area (Å²) in [6.07, 6.45) is 0. The average molecular weight is 327 g/mol. The molecule has 1 saturated heterocycles. The molecule has 3 rings (SSSR count). The Bertz CT molecular complexity index is 626. The molecule has 0 atom stereocenters. The van der Waals surface area contributed by atoms with E-state index in [0.29, 0.717) is 5.92 Å². The number of rotatable bonds is 6. The van der Waals surface area contributed by atoms with Crippen molar-refractivity contribution < 1.29 is 0 Å². The van der Waals surface area contributed by atoms with Crippen LogP contribution in [0.1, 0.15) is 37.0 Å². The second-order valence-corrected chi connectivity index (χ2v) is 7.02. The Hall–Kier alpha value is -1.72. The van der Waals surface area contributed by atoms with Crippen LogP contribution in [0.25, 0.3) is 0 Å². The molecule has 2 aromatic rings. The normalized spacial score (nSPS) is 16.8. The molecular weight excluding hydrogens is 298 g/mol. The van der Waals surface area contributed by atoms with Crippen LogP contribution in [0, 0.1) is 6.92 Å². The summed E-state index contributed by atoms with van der Waals surface area (Å²) in [6.45, 7) is 14.1. The zero-order chi connectivity index (χ0) is 16.9. The quantitative estimate of drug-likeness (QED) is 0.817. The van der Waals surface area contributed by atoms with E-state index in [0.717, 1.165) is 57.5 Å². The molecule has 1 aliphatic rings. The molecule has 24 heavy (non-hydrogen) atoms. The number of benzene rings is 1. The Morgan fingerprint density at radius 3 is 2.25 bits per heavy atom. The van der Waals surface area contributed by atoms with E-state index in [-0.39, 0.29) is 0 Å². The first kappa shape index (κ1) is 17.1. The molecule has 1 aliphatic heterocycles. The van der Waals surface area contributed by atoms with Gasteiger partial charge in [-0.3, -0.25) is 9.80 Å². The van der Waals surface area contributed by atoms with Crippen LogP contribution in [0.4, 0.5) is 0 Å². The molecule has 0 saturated carbocycles. The minimum Gasteiger partial charge on any atom is -0.314 e. The van der Waals surface area contributed by atoms with E-state index in [1.807, 2.05) is 0 Å². The second kappa shape index (κ2) is 7.90. The van der Waals surface area contributed by atoms with E-state index < -0.39 is 0 Å². The smallest absolute Gasteiger partial charge is 0.135 e. The molecule has 0 N–H and O–H groups in total. The van der Waals surface area contributed by atoms with Gasteiger partial charge in [0.05, 0.1) is 0 Å². The predicted molar refractivity (Wildman–Crippen MR) is 97.0 cm³/mol. The Morgan fingerprint density at radius 2 is 1.58 bits per heavy atom. The van der Waals surface area contributed by atoms with E-state index in [1.54, 1.807) is 0 Å². The molecule has 2 heterocycles. The van der Waals surface area contributed by atoms with E-state index in [9.17, 15) is 0 Å². The molecule has 1 fully saturated rings. The minimum atomic E-state index is 0.425. The van der Waals surface area contributed by atoms with E-state index in [2.05, 4.69) is 75.7 Å². The summed E-state index contributed by atoms with van der Waals surface area (Å²) in [5.74, 6) is 2.56. The molecule has 0 unspecified atom stereocenters. The lowest BCUT2D eigenvalue weighted by Gasteiger charge is -2.34. The molecular formula is C19H29N5. The highest BCUT2D eigenvalue weighted by Crippen LogP contribution is 2.14. The molecule has 0 bridgehead atoms. The van der Waals surface area contributed by atoms with Crippen molar-refractivity contribution in [3.05, 3.63) is 47.5 Å². The first-order valence-corrected chi connectivity index (χ1v) is 9.02. The molecule has 1 aromatic carbocycles. The van der Waals surface area contributed by atoms with Crippen LogP contribution >= 0.6 is 0 Å². The Balaban J connectivity index is 1.47. The van der Waals surface area contributed by atoms with E-state index in [4.69, 9.17) is 0 Å². The monoisotopic (exact) mass is 327 g/mol. The lowest BCUT2D eigenvalue weighted by Crippen LogP contribution is -2.46. The predicted octanol–water partition coefficient (Wildman–Crippen LogP) is 2.53. The van der Waals surface area contributed by atoms with E-state index >= 15 is 0 Å². The molecule has 0 aliphatic carbocycles. The van der Waals surface area contributed by atoms with Gasteiger partial charge in [0.1, 0.15) is 11.6 Å². The summed E-state index contributed by atoms with van der Waals surface area (Å²) < 4.78 is 2.28. The molecule has 0 amide bonds. The maximum atomic E-state index is 4.32. The lowest BCUT2D eigenvalue weighted by atomic mass is 10.2. The van der Waals surface area contributed by atoms with Crippen molar-refractivity contribution in [1.29, 1.82) is 0 Å². The first-order valence-electron chi connectivity index (χ1n) is 9.02. The van der Waals surface area contributed by atoms with Crippen LogP contribution in [0.15, 0.2) is 30.3 Å². The van der Waals surface area contributed by atoms with Crippen molar-refractivity contribution >= 4 is 0 Å². The van der Waals surface area contributed by atoms with Crippen molar-refractivity contribution in [3.63, 3.8) is 0 Å². The van der Waals surface area contributed by atoms with E-state index in [1.165, 1.54) is 5.56 Å². The maximum Gasteiger partial charge on any atom is 0.135 e. The van der Waals surface area contributed by atoms with Crippen LogP contribution in [-0.4, -0.2) is 57.3 Å². The SMILES string of the molecule is Cc1nnc(C(C)C)n1CCN1CCN(Cc2ccccc2)CC1. The zero-order valence-corrected chi connectivity index (χ0v) is 15.1. The third-order valence-corrected chi connectivity index (χ3v) is 4.83. The van der Waals surface area contributed by atoms with Gasteiger partial charge >= 0.3 is 0 Å². The number of hydrogen-bond donors (Lipinski definition) is 0. The van der Waals surface area contributed by atoms with Gasteiger partial charge in [-0.05, 0) is 12.5 Å². The van der Waals surface area contributed by atoms with Crippen LogP contribution in [0.5, 0.6) is 0 Å². The lowest BCUT2D eigenvalue weighted by molar-refractivity contribution is 0.123. The topological polar surface area (TPSA) is 37.2 Å². The standard InChI is InChI=1S/C19H29N5/c1-16(2)19-21-20-17(3)24(19)14-13-22-9-11-23(12-10-22)15-18-7-5-4-6-8-18/h4-8,16H,9-15H2,1-3H3. The fourth-order valence-electron chi connectivity index (χ4n) is 3.35. The summed E-state index contributed by atoms with van der Waals surface area (Å²) in [5, 5.41) is 8.57. The zero-order valence-electron chi connectivity index (χ0n) is 15.1. The minimum absolute atomic E-state index is 0.425. The van der Waals surface area contributed by atoms with Crippen molar-refractivity contribution in [2.24, 2.45) is 0 Å². The highest BCUT2D eigenvalue weighted by molar-refractivity contribution is 5.14. The van der Waals surface area contributed by atoms with Crippen molar-refractivity contribution in [3.8, 4) is 0 Å².